The number of hydrogen-bond donors (Lipinski definition) is 1. The highest BCUT2D eigenvalue weighted by Gasteiger charge is 2.25. The molecule has 2 fully saturated rings. The quantitative estimate of drug-likeness (QED) is 0.916. The van der Waals surface area contributed by atoms with Gasteiger partial charge in [-0.1, -0.05) is 0 Å². The van der Waals surface area contributed by atoms with Crippen molar-refractivity contribution in [3.63, 3.8) is 0 Å². The summed E-state index contributed by atoms with van der Waals surface area (Å²) in [5, 5.41) is 3.48. The number of hydrogen-bond acceptors (Lipinski definition) is 3. The molecule has 3 rings (SSSR count). The molecule has 1 saturated heterocycles. The lowest BCUT2D eigenvalue weighted by atomic mass is 10.1. The fraction of sp³-hybridized carbons (Fsp3) is 0.625. The van der Waals surface area contributed by atoms with Gasteiger partial charge in [0.05, 0.1) is 12.2 Å². The van der Waals surface area contributed by atoms with Crippen molar-refractivity contribution >= 4 is 5.69 Å². The molecule has 1 N–H and O–H groups in total. The Bertz CT molecular complexity index is 466. The summed E-state index contributed by atoms with van der Waals surface area (Å²) in [6.45, 7) is 6.67. The molecule has 110 valence electrons. The van der Waals surface area contributed by atoms with E-state index >= 15 is 0 Å². The fourth-order valence-corrected chi connectivity index (χ4v) is 2.92. The van der Waals surface area contributed by atoms with E-state index in [2.05, 4.69) is 24.1 Å². The van der Waals surface area contributed by atoms with Gasteiger partial charge in [0.25, 0.3) is 0 Å². The second kappa shape index (κ2) is 5.70. The van der Waals surface area contributed by atoms with E-state index < -0.39 is 0 Å². The molecule has 0 aromatic heterocycles. The van der Waals surface area contributed by atoms with Crippen molar-refractivity contribution in [2.24, 2.45) is 0 Å². The number of nitrogens with one attached hydrogen (secondary N) is 1. The molecule has 1 aromatic carbocycles. The maximum Gasteiger partial charge on any atom is 0.123 e. The molecule has 2 atom stereocenters. The monoisotopic (exact) mass is 278 g/mol. The molecule has 3 nitrogen and oxygen atoms in total. The molecule has 0 unspecified atom stereocenters. The van der Waals surface area contributed by atoms with Crippen molar-refractivity contribution in [3.05, 3.63) is 29.6 Å². The van der Waals surface area contributed by atoms with Crippen LogP contribution in [0, 0.1) is 5.82 Å². The van der Waals surface area contributed by atoms with Crippen molar-refractivity contribution in [2.45, 2.75) is 51.5 Å². The van der Waals surface area contributed by atoms with E-state index in [0.29, 0.717) is 6.04 Å². The zero-order valence-corrected chi connectivity index (χ0v) is 12.2. The summed E-state index contributed by atoms with van der Waals surface area (Å²) in [6, 6.07) is 5.76. The molecule has 1 aromatic rings. The third kappa shape index (κ3) is 3.30. The minimum Gasteiger partial charge on any atom is -0.372 e. The topological polar surface area (TPSA) is 24.5 Å². The van der Waals surface area contributed by atoms with E-state index in [0.717, 1.165) is 30.9 Å². The van der Waals surface area contributed by atoms with E-state index in [1.807, 2.05) is 6.07 Å². The third-order valence-electron chi connectivity index (χ3n) is 3.96. The zero-order valence-electron chi connectivity index (χ0n) is 12.2. The Morgan fingerprint density at radius 1 is 1.25 bits per heavy atom. The van der Waals surface area contributed by atoms with Crippen LogP contribution in [0.3, 0.4) is 0 Å². The summed E-state index contributed by atoms with van der Waals surface area (Å²) in [7, 11) is 0. The molecule has 0 radical (unpaired) electrons. The van der Waals surface area contributed by atoms with Crippen molar-refractivity contribution in [1.82, 2.24) is 5.32 Å². The van der Waals surface area contributed by atoms with Gasteiger partial charge in [-0.3, -0.25) is 0 Å². The third-order valence-corrected chi connectivity index (χ3v) is 3.96. The van der Waals surface area contributed by atoms with Crippen LogP contribution in [0.2, 0.25) is 0 Å². The molecular weight excluding hydrogens is 255 g/mol. The summed E-state index contributed by atoms with van der Waals surface area (Å²) in [5.74, 6) is -0.157. The van der Waals surface area contributed by atoms with E-state index in [1.54, 1.807) is 12.1 Å². The van der Waals surface area contributed by atoms with Crippen LogP contribution in [0.5, 0.6) is 0 Å². The first-order valence-corrected chi connectivity index (χ1v) is 7.54. The first kappa shape index (κ1) is 13.8. The molecule has 2 aliphatic rings. The maximum absolute atomic E-state index is 13.5. The van der Waals surface area contributed by atoms with Gasteiger partial charge in [0.15, 0.2) is 0 Å². The summed E-state index contributed by atoms with van der Waals surface area (Å²) < 4.78 is 19.3. The molecule has 4 heteroatoms. The Morgan fingerprint density at radius 2 is 1.95 bits per heavy atom. The number of anilines is 1. The van der Waals surface area contributed by atoms with Crippen LogP contribution in [-0.4, -0.2) is 31.3 Å². The average Bonchev–Trinajstić information content (AvgIpc) is 3.19. The van der Waals surface area contributed by atoms with Crippen LogP contribution in [-0.2, 0) is 11.3 Å². The molecule has 1 aliphatic carbocycles. The van der Waals surface area contributed by atoms with Crippen molar-refractivity contribution in [3.8, 4) is 0 Å². The van der Waals surface area contributed by atoms with Crippen LogP contribution in [0.25, 0.3) is 0 Å². The molecule has 0 amide bonds. The van der Waals surface area contributed by atoms with Crippen LogP contribution >= 0.6 is 0 Å². The fourth-order valence-electron chi connectivity index (χ4n) is 2.92. The largest absolute Gasteiger partial charge is 0.372 e. The summed E-state index contributed by atoms with van der Waals surface area (Å²) in [4.78, 5) is 2.32. The van der Waals surface area contributed by atoms with Gasteiger partial charge in [-0.2, -0.15) is 0 Å². The lowest BCUT2D eigenvalue weighted by molar-refractivity contribution is -0.00526. The van der Waals surface area contributed by atoms with Gasteiger partial charge < -0.3 is 15.0 Å². The summed E-state index contributed by atoms with van der Waals surface area (Å²) in [6.07, 6.45) is 2.92. The SMILES string of the molecule is C[C@@H]1CN(c2ccc(F)cc2CNC2CC2)C[C@H](C)O1. The lowest BCUT2D eigenvalue weighted by Crippen LogP contribution is -2.46. The molecule has 0 bridgehead atoms. The Balaban J connectivity index is 1.79. The first-order valence-electron chi connectivity index (χ1n) is 7.54. The number of benzene rings is 1. The van der Waals surface area contributed by atoms with E-state index in [4.69, 9.17) is 4.74 Å². The predicted octanol–water partition coefficient (Wildman–Crippen LogP) is 2.69. The van der Waals surface area contributed by atoms with Gasteiger partial charge in [0, 0.05) is 31.4 Å². The normalized spacial score (nSPS) is 26.9. The highest BCUT2D eigenvalue weighted by atomic mass is 19.1. The van der Waals surface area contributed by atoms with Crippen molar-refractivity contribution < 1.29 is 9.13 Å². The minimum absolute atomic E-state index is 0.157. The second-order valence-electron chi connectivity index (χ2n) is 6.09. The number of rotatable bonds is 4. The number of halogens is 1. The van der Waals surface area contributed by atoms with Crippen LogP contribution in [0.15, 0.2) is 18.2 Å². The molecule has 20 heavy (non-hydrogen) atoms. The Kier molecular flexibility index (Phi) is 3.94. The lowest BCUT2D eigenvalue weighted by Gasteiger charge is -2.37. The Hall–Kier alpha value is -1.13. The van der Waals surface area contributed by atoms with Gasteiger partial charge in [0.1, 0.15) is 5.82 Å². The predicted molar refractivity (Wildman–Crippen MR) is 78.5 cm³/mol. The number of morpholine rings is 1. The van der Waals surface area contributed by atoms with Gasteiger partial charge in [-0.05, 0) is 50.5 Å². The smallest absolute Gasteiger partial charge is 0.123 e. The molecule has 1 aliphatic heterocycles. The summed E-state index contributed by atoms with van der Waals surface area (Å²) in [5.41, 5.74) is 2.19. The van der Waals surface area contributed by atoms with Gasteiger partial charge in [-0.15, -0.1) is 0 Å². The number of ether oxygens (including phenoxy) is 1. The molecular formula is C16H23FN2O. The standard InChI is InChI=1S/C16H23FN2O/c1-11-9-19(10-12(2)20-11)16-6-3-14(17)7-13(16)8-18-15-4-5-15/h3,6-7,11-12,15,18H,4-5,8-10H2,1-2H3/t11-,12+. The highest BCUT2D eigenvalue weighted by Crippen LogP contribution is 2.27. The van der Waals surface area contributed by atoms with Gasteiger partial charge in [0.2, 0.25) is 0 Å². The Morgan fingerprint density at radius 3 is 2.60 bits per heavy atom. The van der Waals surface area contributed by atoms with Crippen LogP contribution in [0.4, 0.5) is 10.1 Å². The van der Waals surface area contributed by atoms with Gasteiger partial charge in [-0.25, -0.2) is 4.39 Å². The minimum atomic E-state index is -0.157. The highest BCUT2D eigenvalue weighted by molar-refractivity contribution is 5.54. The van der Waals surface area contributed by atoms with Crippen LogP contribution < -0.4 is 10.2 Å². The molecule has 1 heterocycles. The molecule has 1 saturated carbocycles. The zero-order chi connectivity index (χ0) is 14.1. The van der Waals surface area contributed by atoms with E-state index in [1.165, 1.54) is 12.8 Å². The van der Waals surface area contributed by atoms with Crippen molar-refractivity contribution in [2.75, 3.05) is 18.0 Å². The molecule has 0 spiro atoms. The average molecular weight is 278 g/mol. The van der Waals surface area contributed by atoms with E-state index in [-0.39, 0.29) is 18.0 Å². The first-order chi connectivity index (χ1) is 9.61. The maximum atomic E-state index is 13.5. The van der Waals surface area contributed by atoms with E-state index in [9.17, 15) is 4.39 Å². The number of nitrogens with zero attached hydrogens (tertiary/aromatic N) is 1. The second-order valence-corrected chi connectivity index (χ2v) is 6.09. The summed E-state index contributed by atoms with van der Waals surface area (Å²) >= 11 is 0. The van der Waals surface area contributed by atoms with Crippen LogP contribution in [0.1, 0.15) is 32.3 Å². The van der Waals surface area contributed by atoms with Gasteiger partial charge >= 0.3 is 0 Å². The van der Waals surface area contributed by atoms with Crippen molar-refractivity contribution in [1.29, 1.82) is 0 Å². The Labute approximate surface area is 120 Å².